The van der Waals surface area contributed by atoms with E-state index in [1.807, 2.05) is 10.9 Å². The third-order valence-corrected chi connectivity index (χ3v) is 4.40. The maximum absolute atomic E-state index is 12.4. The van der Waals surface area contributed by atoms with Gasteiger partial charge in [-0.15, -0.1) is 0 Å². The molecule has 1 aliphatic rings. The van der Waals surface area contributed by atoms with E-state index < -0.39 is 0 Å². The van der Waals surface area contributed by atoms with Crippen LogP contribution in [0.4, 0.5) is 0 Å². The normalized spacial score (nSPS) is 13.2. The molecule has 0 saturated carbocycles. The monoisotopic (exact) mass is 329 g/mol. The van der Waals surface area contributed by atoms with Crippen molar-refractivity contribution in [3.8, 4) is 11.5 Å². The second-order valence-corrected chi connectivity index (χ2v) is 5.84. The Morgan fingerprint density at radius 1 is 1.25 bits per heavy atom. The van der Waals surface area contributed by atoms with Crippen molar-refractivity contribution < 1.29 is 14.3 Å². The molecule has 2 aromatic rings. The van der Waals surface area contributed by atoms with Crippen LogP contribution in [0, 0.1) is 0 Å². The number of hydrogen-bond acceptors (Lipinski definition) is 4. The number of aryl methyl sites for hydroxylation is 1. The highest BCUT2D eigenvalue weighted by Gasteiger charge is 2.17. The number of fused-ring (bicyclic) bond motifs is 1. The van der Waals surface area contributed by atoms with Gasteiger partial charge < -0.3 is 14.8 Å². The number of benzene rings is 1. The first-order valence-electron chi connectivity index (χ1n) is 8.27. The Morgan fingerprint density at radius 2 is 2.08 bits per heavy atom. The molecule has 0 atom stereocenters. The van der Waals surface area contributed by atoms with E-state index in [4.69, 9.17) is 9.47 Å². The van der Waals surface area contributed by atoms with Crippen molar-refractivity contribution in [1.82, 2.24) is 15.1 Å². The van der Waals surface area contributed by atoms with Crippen LogP contribution in [-0.2, 0) is 19.4 Å². The lowest BCUT2D eigenvalue weighted by Gasteiger charge is -2.15. The molecule has 0 unspecified atom stereocenters. The Morgan fingerprint density at radius 3 is 2.88 bits per heavy atom. The number of aromatic nitrogens is 2. The number of para-hydroxylation sites is 1. The lowest BCUT2D eigenvalue weighted by atomic mass is 9.98. The van der Waals surface area contributed by atoms with Crippen LogP contribution in [0.3, 0.4) is 0 Å². The van der Waals surface area contributed by atoms with Gasteiger partial charge in [-0.05, 0) is 43.4 Å². The number of ether oxygens (including phenoxy) is 2. The lowest BCUT2D eigenvalue weighted by molar-refractivity contribution is 0.0948. The van der Waals surface area contributed by atoms with Gasteiger partial charge in [0.1, 0.15) is 0 Å². The Kier molecular flexibility index (Phi) is 5.03. The maximum atomic E-state index is 12.4. The van der Waals surface area contributed by atoms with Gasteiger partial charge in [0, 0.05) is 12.2 Å². The van der Waals surface area contributed by atoms with Crippen molar-refractivity contribution in [2.45, 2.75) is 32.2 Å². The van der Waals surface area contributed by atoms with E-state index >= 15 is 0 Å². The number of rotatable bonds is 6. The Labute approximate surface area is 141 Å². The van der Waals surface area contributed by atoms with Gasteiger partial charge in [-0.1, -0.05) is 6.07 Å². The van der Waals surface area contributed by atoms with E-state index in [0.717, 1.165) is 12.8 Å². The molecule has 1 amide bonds. The van der Waals surface area contributed by atoms with Crippen molar-refractivity contribution in [2.75, 3.05) is 20.8 Å². The molecule has 0 spiro atoms. The minimum Gasteiger partial charge on any atom is -0.493 e. The van der Waals surface area contributed by atoms with E-state index in [1.165, 1.54) is 31.2 Å². The molecule has 128 valence electrons. The summed E-state index contributed by atoms with van der Waals surface area (Å²) >= 11 is 0. The summed E-state index contributed by atoms with van der Waals surface area (Å²) in [4.78, 5) is 12.4. The number of methoxy groups -OCH3 is 2. The van der Waals surface area contributed by atoms with Gasteiger partial charge in [0.05, 0.1) is 32.5 Å². The van der Waals surface area contributed by atoms with Gasteiger partial charge in [-0.3, -0.25) is 9.48 Å². The zero-order chi connectivity index (χ0) is 16.9. The summed E-state index contributed by atoms with van der Waals surface area (Å²) in [6, 6.07) is 5.28. The van der Waals surface area contributed by atoms with Crippen LogP contribution in [0.1, 0.15) is 34.5 Å². The smallest absolute Gasteiger partial charge is 0.255 e. The molecule has 1 aromatic carbocycles. The van der Waals surface area contributed by atoms with Gasteiger partial charge in [0.2, 0.25) is 0 Å². The summed E-state index contributed by atoms with van der Waals surface area (Å²) in [6.07, 6.45) is 6.61. The zero-order valence-electron chi connectivity index (χ0n) is 14.2. The lowest BCUT2D eigenvalue weighted by Crippen LogP contribution is -2.28. The first kappa shape index (κ1) is 16.4. The predicted octanol–water partition coefficient (Wildman–Crippen LogP) is 2.21. The molecule has 0 aliphatic heterocycles. The predicted molar refractivity (Wildman–Crippen MR) is 90.7 cm³/mol. The molecular formula is C18H23N3O3. The summed E-state index contributed by atoms with van der Waals surface area (Å²) in [6.45, 7) is 1.20. The van der Waals surface area contributed by atoms with Crippen molar-refractivity contribution in [1.29, 1.82) is 0 Å². The summed E-state index contributed by atoms with van der Waals surface area (Å²) in [5, 5.41) is 7.38. The summed E-state index contributed by atoms with van der Waals surface area (Å²) in [5.41, 5.74) is 3.14. The van der Waals surface area contributed by atoms with Crippen molar-refractivity contribution in [2.24, 2.45) is 0 Å². The first-order chi connectivity index (χ1) is 11.7. The summed E-state index contributed by atoms with van der Waals surface area (Å²) in [5.74, 6) is 0.826. The highest BCUT2D eigenvalue weighted by atomic mass is 16.5. The van der Waals surface area contributed by atoms with Crippen LogP contribution in [0.2, 0.25) is 0 Å². The zero-order valence-corrected chi connectivity index (χ0v) is 14.2. The molecule has 0 bridgehead atoms. The molecule has 6 nitrogen and oxygen atoms in total. The molecule has 1 N–H and O–H groups in total. The molecule has 6 heteroatoms. The van der Waals surface area contributed by atoms with Crippen LogP contribution in [-0.4, -0.2) is 36.5 Å². The third kappa shape index (κ3) is 3.22. The maximum Gasteiger partial charge on any atom is 0.255 e. The average molecular weight is 329 g/mol. The van der Waals surface area contributed by atoms with Crippen LogP contribution in [0.5, 0.6) is 11.5 Å². The molecule has 0 saturated heterocycles. The van der Waals surface area contributed by atoms with Gasteiger partial charge in [-0.2, -0.15) is 5.10 Å². The van der Waals surface area contributed by atoms with Crippen LogP contribution < -0.4 is 14.8 Å². The summed E-state index contributed by atoms with van der Waals surface area (Å²) in [7, 11) is 3.09. The highest BCUT2D eigenvalue weighted by Crippen LogP contribution is 2.30. The fraction of sp³-hybridized carbons (Fsp3) is 0.444. The van der Waals surface area contributed by atoms with E-state index in [1.54, 1.807) is 25.3 Å². The van der Waals surface area contributed by atoms with Crippen LogP contribution >= 0.6 is 0 Å². The largest absolute Gasteiger partial charge is 0.493 e. The standard InChI is InChI=1S/C18H23N3O3/c1-23-16-9-5-7-14(17(16)24-2)18(22)19-10-11-21-15-8-4-3-6-13(15)12-20-21/h5,7,9,12H,3-4,6,8,10-11H2,1-2H3,(H,19,22). The van der Waals surface area contributed by atoms with Crippen LogP contribution in [0.25, 0.3) is 0 Å². The fourth-order valence-electron chi connectivity index (χ4n) is 3.18. The van der Waals surface area contributed by atoms with Crippen molar-refractivity contribution >= 4 is 5.91 Å². The van der Waals surface area contributed by atoms with Gasteiger partial charge in [-0.25, -0.2) is 0 Å². The molecule has 3 rings (SSSR count). The number of carbonyl (C=O) groups is 1. The average Bonchev–Trinajstić information content (AvgIpc) is 3.04. The Hall–Kier alpha value is -2.50. The third-order valence-electron chi connectivity index (χ3n) is 4.40. The summed E-state index contributed by atoms with van der Waals surface area (Å²) < 4.78 is 12.6. The van der Waals surface area contributed by atoms with E-state index in [-0.39, 0.29) is 5.91 Å². The van der Waals surface area contributed by atoms with E-state index in [0.29, 0.717) is 30.2 Å². The number of amides is 1. The number of hydrogen-bond donors (Lipinski definition) is 1. The highest BCUT2D eigenvalue weighted by molar-refractivity contribution is 5.97. The minimum atomic E-state index is -0.174. The number of nitrogens with one attached hydrogen (secondary N) is 1. The quantitative estimate of drug-likeness (QED) is 0.882. The number of carbonyl (C=O) groups excluding carboxylic acids is 1. The van der Waals surface area contributed by atoms with Crippen LogP contribution in [0.15, 0.2) is 24.4 Å². The second-order valence-electron chi connectivity index (χ2n) is 5.84. The first-order valence-corrected chi connectivity index (χ1v) is 8.27. The topological polar surface area (TPSA) is 65.4 Å². The van der Waals surface area contributed by atoms with Crippen molar-refractivity contribution in [3.05, 3.63) is 41.2 Å². The van der Waals surface area contributed by atoms with Gasteiger partial charge in [0.25, 0.3) is 5.91 Å². The van der Waals surface area contributed by atoms with E-state index in [9.17, 15) is 4.79 Å². The molecule has 0 radical (unpaired) electrons. The SMILES string of the molecule is COc1cccc(C(=O)NCCn2ncc3c2CCCC3)c1OC. The second kappa shape index (κ2) is 7.38. The molecule has 1 heterocycles. The van der Waals surface area contributed by atoms with Gasteiger partial charge in [0.15, 0.2) is 11.5 Å². The molecule has 1 aliphatic carbocycles. The van der Waals surface area contributed by atoms with Crippen molar-refractivity contribution in [3.63, 3.8) is 0 Å². The molecule has 1 aromatic heterocycles. The van der Waals surface area contributed by atoms with Gasteiger partial charge >= 0.3 is 0 Å². The fourth-order valence-corrected chi connectivity index (χ4v) is 3.18. The minimum absolute atomic E-state index is 0.174. The number of nitrogens with zero attached hydrogens (tertiary/aromatic N) is 2. The van der Waals surface area contributed by atoms with E-state index in [2.05, 4.69) is 10.4 Å². The Balaban J connectivity index is 1.63. The molecular weight excluding hydrogens is 306 g/mol. The molecule has 24 heavy (non-hydrogen) atoms. The molecule has 0 fully saturated rings. The Bertz CT molecular complexity index is 724.